The van der Waals surface area contributed by atoms with Crippen molar-refractivity contribution in [1.82, 2.24) is 10.3 Å². The highest BCUT2D eigenvalue weighted by Crippen LogP contribution is 2.26. The maximum Gasteiger partial charge on any atom is 0.270 e. The molecule has 2 unspecified atom stereocenters. The van der Waals surface area contributed by atoms with E-state index in [0.29, 0.717) is 17.4 Å². The van der Waals surface area contributed by atoms with Crippen LogP contribution in [-0.2, 0) is 0 Å². The molecule has 2 atom stereocenters. The Morgan fingerprint density at radius 2 is 2.12 bits per heavy atom. The van der Waals surface area contributed by atoms with Crippen molar-refractivity contribution in [2.75, 3.05) is 6.54 Å². The van der Waals surface area contributed by atoms with Gasteiger partial charge >= 0.3 is 0 Å². The lowest BCUT2D eigenvalue weighted by Gasteiger charge is -2.19. The molecule has 2 aromatic rings. The number of aromatic amines is 1. The number of rotatable bonds is 4. The van der Waals surface area contributed by atoms with Gasteiger partial charge in [-0.2, -0.15) is 0 Å². The summed E-state index contributed by atoms with van der Waals surface area (Å²) in [5.74, 6) is -0.187. The summed E-state index contributed by atoms with van der Waals surface area (Å²) in [7, 11) is 0. The third-order valence-electron chi connectivity index (χ3n) is 4.56. The topological polar surface area (TPSA) is 131 Å². The average molecular weight is 367 g/mol. The van der Waals surface area contributed by atoms with Crippen LogP contribution in [0.25, 0.3) is 10.9 Å². The van der Waals surface area contributed by atoms with Gasteiger partial charge in [0, 0.05) is 35.1 Å². The van der Waals surface area contributed by atoms with Gasteiger partial charge in [-0.25, -0.2) is 0 Å². The van der Waals surface area contributed by atoms with Crippen molar-refractivity contribution >= 4 is 34.9 Å². The highest BCUT2D eigenvalue weighted by atomic mass is 35.5. The molecule has 0 aliphatic heterocycles. The van der Waals surface area contributed by atoms with E-state index in [9.17, 15) is 19.7 Å². The van der Waals surface area contributed by atoms with Crippen LogP contribution in [0.3, 0.4) is 0 Å². The molecule has 4 N–H and O–H groups in total. The second-order valence-electron chi connectivity index (χ2n) is 6.04. The number of pyridine rings is 1. The number of nitrogens with zero attached hydrogens (tertiary/aromatic N) is 1. The first-order chi connectivity index (χ1) is 11.5. The van der Waals surface area contributed by atoms with Crippen LogP contribution in [0.2, 0.25) is 0 Å². The number of nitrogens with two attached hydrogens (primary N) is 1. The van der Waals surface area contributed by atoms with E-state index in [1.807, 2.05) is 0 Å². The molecule has 1 fully saturated rings. The summed E-state index contributed by atoms with van der Waals surface area (Å²) in [6.45, 7) is 0.493. The molecule has 1 aliphatic rings. The molecule has 1 aromatic heterocycles. The Morgan fingerprint density at radius 3 is 2.80 bits per heavy atom. The van der Waals surface area contributed by atoms with E-state index in [2.05, 4.69) is 10.3 Å². The number of aromatic nitrogens is 1. The van der Waals surface area contributed by atoms with Crippen LogP contribution in [0.1, 0.15) is 29.6 Å². The maximum atomic E-state index is 12.6. The standard InChI is InChI=1S/C16H18N4O4.ClH/c17-8-9-2-1-3-13(9)19-16(22)12-7-15(21)18-14-5-4-10(20(23)24)6-11(12)14;/h4-7,9,13H,1-3,8,17H2,(H,18,21)(H,19,22);1H. The van der Waals surface area contributed by atoms with Crippen LogP contribution >= 0.6 is 12.4 Å². The first-order valence-corrected chi connectivity index (χ1v) is 7.82. The number of halogens is 1. The minimum absolute atomic E-state index is 0. The molecule has 1 aromatic carbocycles. The fourth-order valence-corrected chi connectivity index (χ4v) is 3.30. The summed E-state index contributed by atoms with van der Waals surface area (Å²) in [6, 6.07) is 5.17. The molecule has 134 valence electrons. The van der Waals surface area contributed by atoms with E-state index < -0.39 is 16.4 Å². The van der Waals surface area contributed by atoms with E-state index in [1.54, 1.807) is 0 Å². The third-order valence-corrected chi connectivity index (χ3v) is 4.56. The monoisotopic (exact) mass is 366 g/mol. The van der Waals surface area contributed by atoms with Crippen molar-refractivity contribution < 1.29 is 9.72 Å². The number of amides is 1. The highest BCUT2D eigenvalue weighted by Gasteiger charge is 2.28. The number of benzene rings is 1. The lowest BCUT2D eigenvalue weighted by atomic mass is 10.0. The number of hydrogen-bond donors (Lipinski definition) is 3. The fourth-order valence-electron chi connectivity index (χ4n) is 3.30. The number of carbonyl (C=O) groups is 1. The minimum Gasteiger partial charge on any atom is -0.349 e. The lowest BCUT2D eigenvalue weighted by Crippen LogP contribution is -2.40. The fraction of sp³-hybridized carbons (Fsp3) is 0.375. The number of carbonyl (C=O) groups excluding carboxylic acids is 1. The summed E-state index contributed by atoms with van der Waals surface area (Å²) in [5.41, 5.74) is 5.69. The zero-order valence-corrected chi connectivity index (χ0v) is 14.2. The maximum absolute atomic E-state index is 12.6. The van der Waals surface area contributed by atoms with Crippen molar-refractivity contribution in [2.45, 2.75) is 25.3 Å². The van der Waals surface area contributed by atoms with Gasteiger partial charge < -0.3 is 16.0 Å². The predicted molar refractivity (Wildman–Crippen MR) is 96.1 cm³/mol. The SMILES string of the molecule is Cl.NCC1CCCC1NC(=O)c1cc(=O)[nH]c2ccc([N+](=O)[O-])cc12. The van der Waals surface area contributed by atoms with Crippen molar-refractivity contribution in [2.24, 2.45) is 11.7 Å². The first kappa shape index (κ1) is 18.9. The van der Waals surface area contributed by atoms with Crippen LogP contribution < -0.4 is 16.6 Å². The van der Waals surface area contributed by atoms with Crippen molar-refractivity contribution in [3.05, 3.63) is 50.3 Å². The largest absolute Gasteiger partial charge is 0.349 e. The summed E-state index contributed by atoms with van der Waals surface area (Å²) >= 11 is 0. The molecule has 0 radical (unpaired) electrons. The van der Waals surface area contributed by atoms with Crippen molar-refractivity contribution in [3.63, 3.8) is 0 Å². The first-order valence-electron chi connectivity index (χ1n) is 7.82. The molecule has 3 rings (SSSR count). The lowest BCUT2D eigenvalue weighted by molar-refractivity contribution is -0.384. The van der Waals surface area contributed by atoms with Gasteiger partial charge in [-0.05, 0) is 31.4 Å². The third kappa shape index (κ3) is 3.80. The Labute approximate surface area is 149 Å². The quantitative estimate of drug-likeness (QED) is 0.560. The number of fused-ring (bicyclic) bond motifs is 1. The number of nitro groups is 1. The summed E-state index contributed by atoms with van der Waals surface area (Å²) in [4.78, 5) is 37.5. The summed E-state index contributed by atoms with van der Waals surface area (Å²) in [6.07, 6.45) is 2.80. The van der Waals surface area contributed by atoms with E-state index in [1.165, 1.54) is 24.3 Å². The second kappa shape index (κ2) is 7.62. The number of hydrogen-bond acceptors (Lipinski definition) is 5. The molecule has 8 nitrogen and oxygen atoms in total. The van der Waals surface area contributed by atoms with Crippen LogP contribution in [0.4, 0.5) is 5.69 Å². The molecule has 1 aliphatic carbocycles. The Bertz CT molecular complexity index is 867. The minimum atomic E-state index is -0.534. The number of H-pyrrole nitrogens is 1. The van der Waals surface area contributed by atoms with E-state index >= 15 is 0 Å². The molecule has 1 amide bonds. The van der Waals surface area contributed by atoms with Gasteiger partial charge in [0.05, 0.1) is 10.5 Å². The Hall–Kier alpha value is -2.45. The summed E-state index contributed by atoms with van der Waals surface area (Å²) in [5, 5.41) is 14.2. The van der Waals surface area contributed by atoms with Gasteiger partial charge in [-0.15, -0.1) is 12.4 Å². The Morgan fingerprint density at radius 1 is 1.36 bits per heavy atom. The van der Waals surface area contributed by atoms with Gasteiger partial charge in [0.1, 0.15) is 0 Å². The number of nitro benzene ring substituents is 1. The summed E-state index contributed by atoms with van der Waals surface area (Å²) < 4.78 is 0. The van der Waals surface area contributed by atoms with Gasteiger partial charge in [0.2, 0.25) is 5.56 Å². The molecule has 0 spiro atoms. The number of nitrogens with one attached hydrogen (secondary N) is 2. The van der Waals surface area contributed by atoms with Crippen molar-refractivity contribution in [3.8, 4) is 0 Å². The Kier molecular flexibility index (Phi) is 5.76. The zero-order valence-electron chi connectivity index (χ0n) is 13.4. The molecule has 1 saturated carbocycles. The van der Waals surface area contributed by atoms with Crippen LogP contribution in [0, 0.1) is 16.0 Å². The molecule has 1 heterocycles. The average Bonchev–Trinajstić information content (AvgIpc) is 3.00. The number of non-ortho nitro benzene ring substituents is 1. The zero-order chi connectivity index (χ0) is 17.3. The van der Waals surface area contributed by atoms with E-state index in [4.69, 9.17) is 5.73 Å². The van der Waals surface area contributed by atoms with Gasteiger partial charge in [-0.3, -0.25) is 19.7 Å². The van der Waals surface area contributed by atoms with Crippen molar-refractivity contribution in [1.29, 1.82) is 0 Å². The Balaban J connectivity index is 0.00000225. The normalized spacial score (nSPS) is 19.4. The molecule has 25 heavy (non-hydrogen) atoms. The van der Waals surface area contributed by atoms with Crippen LogP contribution in [0.15, 0.2) is 29.1 Å². The van der Waals surface area contributed by atoms with Gasteiger partial charge in [-0.1, -0.05) is 6.42 Å². The molecule has 0 bridgehead atoms. The molecule has 0 saturated heterocycles. The van der Waals surface area contributed by atoms with Gasteiger partial charge in [0.25, 0.3) is 11.6 Å². The molecular weight excluding hydrogens is 348 g/mol. The van der Waals surface area contributed by atoms with Crippen LogP contribution in [-0.4, -0.2) is 28.4 Å². The second-order valence-corrected chi connectivity index (χ2v) is 6.04. The van der Waals surface area contributed by atoms with E-state index in [-0.39, 0.29) is 35.6 Å². The van der Waals surface area contributed by atoms with E-state index in [0.717, 1.165) is 19.3 Å². The van der Waals surface area contributed by atoms with Gasteiger partial charge in [0.15, 0.2) is 0 Å². The molecular formula is C16H19ClN4O4. The smallest absolute Gasteiger partial charge is 0.270 e. The highest BCUT2D eigenvalue weighted by molar-refractivity contribution is 6.06. The molecule has 9 heteroatoms. The van der Waals surface area contributed by atoms with Crippen LogP contribution in [0.5, 0.6) is 0 Å². The predicted octanol–water partition coefficient (Wildman–Crippen LogP) is 1.72.